The Hall–Kier alpha value is -1.59. The van der Waals surface area contributed by atoms with Crippen LogP contribution in [-0.4, -0.2) is 37.2 Å². The molecule has 6 heteroatoms. The lowest BCUT2D eigenvalue weighted by molar-refractivity contribution is -0.167. The highest BCUT2D eigenvalue weighted by Gasteiger charge is 2.19. The van der Waals surface area contributed by atoms with E-state index in [9.17, 15) is 14.4 Å². The normalized spacial score (nSPS) is 12.1. The maximum atomic E-state index is 12.8. The third kappa shape index (κ3) is 45.5. The second kappa shape index (κ2) is 44.9. The van der Waals surface area contributed by atoms with Gasteiger partial charge >= 0.3 is 17.9 Å². The van der Waals surface area contributed by atoms with E-state index < -0.39 is 6.10 Å². The van der Waals surface area contributed by atoms with E-state index >= 15 is 0 Å². The van der Waals surface area contributed by atoms with Gasteiger partial charge in [-0.3, -0.25) is 14.4 Å². The van der Waals surface area contributed by atoms with Gasteiger partial charge in [0.05, 0.1) is 0 Å². The maximum Gasteiger partial charge on any atom is 0.306 e. The lowest BCUT2D eigenvalue weighted by Crippen LogP contribution is -2.30. The SMILES string of the molecule is CCCCCCCCCCCCCCC(=O)O[C@@H](COC(=O)CCCCCCCCCCCCCCCC(C)C)COC(=O)CCCCCCCCCCCC(C)C. The van der Waals surface area contributed by atoms with Gasteiger partial charge in [0.2, 0.25) is 0 Å². The van der Waals surface area contributed by atoms with Crippen molar-refractivity contribution >= 4 is 17.9 Å². The Labute approximate surface area is 361 Å². The van der Waals surface area contributed by atoms with Gasteiger partial charge in [0.25, 0.3) is 0 Å². The predicted octanol–water partition coefficient (Wildman–Crippen LogP) is 16.5. The fraction of sp³-hybridized carbons (Fsp3) is 0.942. The van der Waals surface area contributed by atoms with Crippen LogP contribution in [0.15, 0.2) is 0 Å². The molecule has 0 aromatic heterocycles. The van der Waals surface area contributed by atoms with Crippen LogP contribution in [0.4, 0.5) is 0 Å². The zero-order valence-electron chi connectivity index (χ0n) is 39.7. The van der Waals surface area contributed by atoms with E-state index in [1.165, 1.54) is 173 Å². The minimum atomic E-state index is -0.761. The Kier molecular flexibility index (Phi) is 43.7. The lowest BCUT2D eigenvalue weighted by Gasteiger charge is -2.18. The van der Waals surface area contributed by atoms with Gasteiger partial charge < -0.3 is 14.2 Å². The smallest absolute Gasteiger partial charge is 0.306 e. The van der Waals surface area contributed by atoms with E-state index in [0.29, 0.717) is 19.3 Å². The summed E-state index contributed by atoms with van der Waals surface area (Å²) in [5.74, 6) is 0.799. The third-order valence-electron chi connectivity index (χ3n) is 11.7. The lowest BCUT2D eigenvalue weighted by atomic mass is 10.0. The molecule has 0 spiro atoms. The van der Waals surface area contributed by atoms with Crippen LogP contribution in [0.2, 0.25) is 0 Å². The van der Waals surface area contributed by atoms with Gasteiger partial charge in [-0.05, 0) is 31.1 Å². The summed E-state index contributed by atoms with van der Waals surface area (Å²) in [4.78, 5) is 37.9. The molecular formula is C52H100O6. The van der Waals surface area contributed by atoms with E-state index in [0.717, 1.165) is 69.6 Å². The molecule has 0 N–H and O–H groups in total. The highest BCUT2D eigenvalue weighted by atomic mass is 16.6. The summed E-state index contributed by atoms with van der Waals surface area (Å²) in [5.41, 5.74) is 0. The molecule has 0 aromatic carbocycles. The van der Waals surface area contributed by atoms with Crippen molar-refractivity contribution in [2.45, 2.75) is 291 Å². The van der Waals surface area contributed by atoms with Gasteiger partial charge in [0, 0.05) is 19.3 Å². The Balaban J connectivity index is 4.30. The molecular weight excluding hydrogens is 721 g/mol. The number of esters is 3. The standard InChI is InChI=1S/C52H100O6/c1-6-7-8-9-10-11-12-17-23-29-34-39-44-52(55)58-49(46-57-51(54)43-38-33-28-24-19-21-26-31-36-41-48(4)5)45-56-50(53)42-37-32-27-22-18-15-13-14-16-20-25-30-35-40-47(2)3/h47-49H,6-46H2,1-5H3/t49-/m0/s1. The minimum Gasteiger partial charge on any atom is -0.462 e. The molecule has 0 saturated heterocycles. The van der Waals surface area contributed by atoms with Crippen LogP contribution in [0.25, 0.3) is 0 Å². The number of carbonyl (C=O) groups excluding carboxylic acids is 3. The Morgan fingerprint density at radius 3 is 0.845 bits per heavy atom. The Bertz CT molecular complexity index is 885. The van der Waals surface area contributed by atoms with E-state index in [2.05, 4.69) is 34.6 Å². The highest BCUT2D eigenvalue weighted by molar-refractivity contribution is 5.71. The number of hydrogen-bond acceptors (Lipinski definition) is 6. The number of rotatable bonds is 46. The molecule has 1 atom stereocenters. The molecule has 0 saturated carbocycles. The summed E-state index contributed by atoms with van der Waals surface area (Å²) < 4.78 is 16.8. The molecule has 0 radical (unpaired) electrons. The fourth-order valence-corrected chi connectivity index (χ4v) is 7.81. The summed E-state index contributed by atoms with van der Waals surface area (Å²) >= 11 is 0. The number of ether oxygens (including phenoxy) is 3. The molecule has 0 rings (SSSR count). The second-order valence-electron chi connectivity index (χ2n) is 18.8. The van der Waals surface area contributed by atoms with Gasteiger partial charge in [-0.15, -0.1) is 0 Å². The van der Waals surface area contributed by atoms with Crippen LogP contribution in [0.3, 0.4) is 0 Å². The molecule has 0 bridgehead atoms. The van der Waals surface area contributed by atoms with E-state index in [1.807, 2.05) is 0 Å². The zero-order chi connectivity index (χ0) is 42.6. The van der Waals surface area contributed by atoms with Crippen LogP contribution >= 0.6 is 0 Å². The van der Waals surface area contributed by atoms with Crippen LogP contribution in [0.1, 0.15) is 285 Å². The summed E-state index contributed by atoms with van der Waals surface area (Å²) in [6.45, 7) is 11.4. The van der Waals surface area contributed by atoms with Crippen molar-refractivity contribution in [2.75, 3.05) is 13.2 Å². The van der Waals surface area contributed by atoms with Crippen molar-refractivity contribution in [1.82, 2.24) is 0 Å². The van der Waals surface area contributed by atoms with E-state index in [1.54, 1.807) is 0 Å². The molecule has 344 valence electrons. The number of carbonyl (C=O) groups is 3. The van der Waals surface area contributed by atoms with Gasteiger partial charge in [-0.1, -0.05) is 247 Å². The van der Waals surface area contributed by atoms with Crippen molar-refractivity contribution in [3.8, 4) is 0 Å². The molecule has 0 aliphatic carbocycles. The van der Waals surface area contributed by atoms with Crippen molar-refractivity contribution in [3.63, 3.8) is 0 Å². The molecule has 0 aliphatic rings. The van der Waals surface area contributed by atoms with Gasteiger partial charge in [0.15, 0.2) is 6.10 Å². The Morgan fingerprint density at radius 1 is 0.328 bits per heavy atom. The van der Waals surface area contributed by atoms with Crippen molar-refractivity contribution < 1.29 is 28.6 Å². The largest absolute Gasteiger partial charge is 0.462 e. The first kappa shape index (κ1) is 56.4. The van der Waals surface area contributed by atoms with Crippen molar-refractivity contribution in [3.05, 3.63) is 0 Å². The zero-order valence-corrected chi connectivity index (χ0v) is 39.7. The van der Waals surface area contributed by atoms with E-state index in [-0.39, 0.29) is 31.1 Å². The van der Waals surface area contributed by atoms with Crippen LogP contribution in [-0.2, 0) is 28.6 Å². The van der Waals surface area contributed by atoms with Gasteiger partial charge in [-0.2, -0.15) is 0 Å². The maximum absolute atomic E-state index is 12.8. The van der Waals surface area contributed by atoms with Gasteiger partial charge in [-0.25, -0.2) is 0 Å². The molecule has 0 heterocycles. The van der Waals surface area contributed by atoms with Crippen LogP contribution < -0.4 is 0 Å². The first-order chi connectivity index (χ1) is 28.2. The summed E-state index contributed by atoms with van der Waals surface area (Å²) in [6.07, 6.45) is 45.1. The third-order valence-corrected chi connectivity index (χ3v) is 11.7. The molecule has 0 unspecified atom stereocenters. The Morgan fingerprint density at radius 2 is 0.569 bits per heavy atom. The van der Waals surface area contributed by atoms with Crippen LogP contribution in [0, 0.1) is 11.8 Å². The quantitative estimate of drug-likeness (QED) is 0.0346. The summed E-state index contributed by atoms with van der Waals surface area (Å²) in [5, 5.41) is 0. The molecule has 0 aliphatic heterocycles. The molecule has 58 heavy (non-hydrogen) atoms. The number of unbranched alkanes of at least 4 members (excludes halogenated alkanes) is 31. The molecule has 0 fully saturated rings. The highest BCUT2D eigenvalue weighted by Crippen LogP contribution is 2.17. The average Bonchev–Trinajstić information content (AvgIpc) is 3.19. The predicted molar refractivity (Wildman–Crippen MR) is 247 cm³/mol. The van der Waals surface area contributed by atoms with Crippen LogP contribution in [0.5, 0.6) is 0 Å². The monoisotopic (exact) mass is 821 g/mol. The van der Waals surface area contributed by atoms with E-state index in [4.69, 9.17) is 14.2 Å². The fourth-order valence-electron chi connectivity index (χ4n) is 7.81. The molecule has 0 aromatic rings. The second-order valence-corrected chi connectivity index (χ2v) is 18.8. The molecule has 0 amide bonds. The average molecular weight is 821 g/mol. The van der Waals surface area contributed by atoms with Crippen molar-refractivity contribution in [2.24, 2.45) is 11.8 Å². The number of hydrogen-bond donors (Lipinski definition) is 0. The minimum absolute atomic E-state index is 0.0638. The van der Waals surface area contributed by atoms with Gasteiger partial charge in [0.1, 0.15) is 13.2 Å². The molecule has 6 nitrogen and oxygen atoms in total. The first-order valence-corrected chi connectivity index (χ1v) is 25.7. The first-order valence-electron chi connectivity index (χ1n) is 25.7. The van der Waals surface area contributed by atoms with Crippen molar-refractivity contribution in [1.29, 1.82) is 0 Å². The summed E-state index contributed by atoms with van der Waals surface area (Å²) in [6, 6.07) is 0. The summed E-state index contributed by atoms with van der Waals surface area (Å²) in [7, 11) is 0. The topological polar surface area (TPSA) is 78.9 Å².